The summed E-state index contributed by atoms with van der Waals surface area (Å²) in [4.78, 5) is 12.2. The number of ether oxygens (including phenoxy) is 1. The van der Waals surface area contributed by atoms with Gasteiger partial charge in [0.25, 0.3) is 0 Å². The van der Waals surface area contributed by atoms with Gasteiger partial charge in [0.05, 0.1) is 17.7 Å². The number of aliphatic hydroxyl groups excluding tert-OH is 1. The third kappa shape index (κ3) is 8.98. The van der Waals surface area contributed by atoms with Gasteiger partial charge in [0.2, 0.25) is 0 Å². The lowest BCUT2D eigenvalue weighted by Crippen LogP contribution is -2.49. The van der Waals surface area contributed by atoms with Crippen molar-refractivity contribution in [1.29, 1.82) is 0 Å². The van der Waals surface area contributed by atoms with E-state index >= 15 is 0 Å². The number of rotatable bonds is 8. The highest BCUT2D eigenvalue weighted by molar-refractivity contribution is 5.68. The zero-order valence-corrected chi connectivity index (χ0v) is 17.9. The molecule has 2 atom stereocenters. The summed E-state index contributed by atoms with van der Waals surface area (Å²) in [5, 5.41) is 16.3. The number of hydrogen-bond donors (Lipinski definition) is 3. The van der Waals surface area contributed by atoms with E-state index in [9.17, 15) is 23.1 Å². The predicted molar refractivity (Wildman–Crippen MR) is 112 cm³/mol. The van der Waals surface area contributed by atoms with Crippen LogP contribution in [0.15, 0.2) is 54.6 Å². The predicted octanol–water partition coefficient (Wildman–Crippen LogP) is 4.29. The summed E-state index contributed by atoms with van der Waals surface area (Å²) in [6, 6.07) is 13.7. The fourth-order valence-corrected chi connectivity index (χ4v) is 2.97. The van der Waals surface area contributed by atoms with E-state index in [4.69, 9.17) is 4.74 Å². The average Bonchev–Trinajstić information content (AvgIpc) is 2.66. The molecule has 0 aliphatic carbocycles. The molecule has 8 heteroatoms. The Balaban J connectivity index is 1.99. The van der Waals surface area contributed by atoms with Gasteiger partial charge in [-0.3, -0.25) is 0 Å². The number of carbonyl (C=O) groups excluding carboxylic acids is 1. The molecule has 2 rings (SSSR count). The van der Waals surface area contributed by atoms with E-state index in [0.29, 0.717) is 12.0 Å². The molecule has 2 aromatic rings. The summed E-state index contributed by atoms with van der Waals surface area (Å²) in [7, 11) is 0. The lowest BCUT2D eigenvalue weighted by atomic mass is 10.0. The molecule has 170 valence electrons. The molecule has 2 aromatic carbocycles. The Bertz CT molecular complexity index is 836. The third-order valence-corrected chi connectivity index (χ3v) is 4.40. The van der Waals surface area contributed by atoms with Gasteiger partial charge in [0, 0.05) is 13.1 Å². The summed E-state index contributed by atoms with van der Waals surface area (Å²) >= 11 is 0. The number of halogens is 3. The molecule has 0 aliphatic heterocycles. The first-order valence-electron chi connectivity index (χ1n) is 10.0. The highest BCUT2D eigenvalue weighted by Gasteiger charge is 2.30. The van der Waals surface area contributed by atoms with Crippen LogP contribution in [0.3, 0.4) is 0 Å². The van der Waals surface area contributed by atoms with E-state index in [1.54, 1.807) is 26.8 Å². The Kier molecular flexibility index (Phi) is 8.47. The first-order valence-corrected chi connectivity index (χ1v) is 10.0. The van der Waals surface area contributed by atoms with Crippen molar-refractivity contribution in [3.8, 4) is 0 Å². The lowest BCUT2D eigenvalue weighted by Gasteiger charge is -2.27. The van der Waals surface area contributed by atoms with E-state index < -0.39 is 35.6 Å². The van der Waals surface area contributed by atoms with Gasteiger partial charge < -0.3 is 20.5 Å². The molecule has 0 saturated heterocycles. The van der Waals surface area contributed by atoms with Crippen molar-refractivity contribution in [3.63, 3.8) is 0 Å². The number of carbonyl (C=O) groups is 1. The van der Waals surface area contributed by atoms with Crippen LogP contribution in [0.2, 0.25) is 0 Å². The van der Waals surface area contributed by atoms with Gasteiger partial charge in [-0.05, 0) is 44.4 Å². The standard InChI is InChI=1S/C23H29F3N2O3/c1-22(2,3)31-21(30)28-19(13-16-8-5-4-6-9-16)20(29)15-27-14-17-10-7-11-18(12-17)23(24,25)26/h4-12,19-20,27,29H,13-15H2,1-3H3,(H,28,30)/t19-,20-/m0/s1. The monoisotopic (exact) mass is 438 g/mol. The Labute approximate surface area is 180 Å². The molecular weight excluding hydrogens is 409 g/mol. The smallest absolute Gasteiger partial charge is 0.416 e. The number of benzene rings is 2. The summed E-state index contributed by atoms with van der Waals surface area (Å²) < 4.78 is 43.9. The highest BCUT2D eigenvalue weighted by Crippen LogP contribution is 2.29. The van der Waals surface area contributed by atoms with Gasteiger partial charge in [-0.25, -0.2) is 4.79 Å². The van der Waals surface area contributed by atoms with Crippen LogP contribution >= 0.6 is 0 Å². The van der Waals surface area contributed by atoms with Crippen molar-refractivity contribution in [3.05, 3.63) is 71.3 Å². The van der Waals surface area contributed by atoms with Crippen LogP contribution in [0.5, 0.6) is 0 Å². The van der Waals surface area contributed by atoms with Gasteiger partial charge in [-0.1, -0.05) is 48.5 Å². The molecular formula is C23H29F3N2O3. The van der Waals surface area contributed by atoms with E-state index in [0.717, 1.165) is 17.7 Å². The molecule has 0 aliphatic rings. The van der Waals surface area contributed by atoms with Crippen LogP contribution in [-0.2, 0) is 23.9 Å². The van der Waals surface area contributed by atoms with Gasteiger partial charge >= 0.3 is 12.3 Å². The van der Waals surface area contributed by atoms with E-state index in [-0.39, 0.29) is 13.1 Å². The maximum Gasteiger partial charge on any atom is 0.416 e. The summed E-state index contributed by atoms with van der Waals surface area (Å²) in [5.41, 5.74) is -0.0447. The van der Waals surface area contributed by atoms with Crippen molar-refractivity contribution in [2.45, 2.75) is 57.7 Å². The minimum Gasteiger partial charge on any atom is -0.444 e. The highest BCUT2D eigenvalue weighted by atomic mass is 19.4. The topological polar surface area (TPSA) is 70.6 Å². The molecule has 0 saturated carbocycles. The van der Waals surface area contributed by atoms with E-state index in [1.807, 2.05) is 30.3 Å². The fraction of sp³-hybridized carbons (Fsp3) is 0.435. The normalized spacial score (nSPS) is 14.0. The minimum absolute atomic E-state index is 0.0730. The third-order valence-electron chi connectivity index (χ3n) is 4.40. The summed E-state index contributed by atoms with van der Waals surface area (Å²) in [6.45, 7) is 5.44. The number of nitrogens with one attached hydrogen (secondary N) is 2. The molecule has 0 unspecified atom stereocenters. The maximum atomic E-state index is 12.9. The quantitative estimate of drug-likeness (QED) is 0.575. The average molecular weight is 438 g/mol. The first-order chi connectivity index (χ1) is 14.4. The van der Waals surface area contributed by atoms with Crippen molar-refractivity contribution in [1.82, 2.24) is 10.6 Å². The number of alkyl halides is 3. The Hall–Kier alpha value is -2.58. The van der Waals surface area contributed by atoms with Gasteiger partial charge in [-0.2, -0.15) is 13.2 Å². The second-order valence-corrected chi connectivity index (χ2v) is 8.34. The number of hydrogen-bond acceptors (Lipinski definition) is 4. The molecule has 0 aromatic heterocycles. The lowest BCUT2D eigenvalue weighted by molar-refractivity contribution is -0.137. The van der Waals surface area contributed by atoms with Crippen molar-refractivity contribution in [2.24, 2.45) is 0 Å². The number of amides is 1. The molecule has 5 nitrogen and oxygen atoms in total. The summed E-state index contributed by atoms with van der Waals surface area (Å²) in [5.74, 6) is 0. The summed E-state index contributed by atoms with van der Waals surface area (Å²) in [6.07, 6.45) is -5.68. The Morgan fingerprint density at radius 2 is 1.68 bits per heavy atom. The van der Waals surface area contributed by atoms with Crippen LogP contribution in [0.25, 0.3) is 0 Å². The Morgan fingerprint density at radius 3 is 2.29 bits per heavy atom. The minimum atomic E-state index is -4.41. The first kappa shape index (κ1) is 24.7. The molecule has 1 amide bonds. The molecule has 0 fully saturated rings. The second kappa shape index (κ2) is 10.6. The van der Waals surface area contributed by atoms with Gasteiger partial charge in [0.15, 0.2) is 0 Å². The SMILES string of the molecule is CC(C)(C)OC(=O)N[C@@H](Cc1ccccc1)[C@@H](O)CNCc1cccc(C(F)(F)F)c1. The van der Waals surface area contributed by atoms with E-state index in [1.165, 1.54) is 6.07 Å². The molecule has 3 N–H and O–H groups in total. The number of alkyl carbamates (subject to hydrolysis) is 1. The van der Waals surface area contributed by atoms with Crippen LogP contribution in [0, 0.1) is 0 Å². The van der Waals surface area contributed by atoms with Crippen molar-refractivity contribution >= 4 is 6.09 Å². The largest absolute Gasteiger partial charge is 0.444 e. The Morgan fingerprint density at radius 1 is 1.03 bits per heavy atom. The van der Waals surface area contributed by atoms with E-state index in [2.05, 4.69) is 10.6 Å². The maximum absolute atomic E-state index is 12.9. The van der Waals surface area contributed by atoms with Crippen molar-refractivity contribution in [2.75, 3.05) is 6.54 Å². The fourth-order valence-electron chi connectivity index (χ4n) is 2.97. The van der Waals surface area contributed by atoms with Gasteiger partial charge in [0.1, 0.15) is 5.60 Å². The molecule has 0 bridgehead atoms. The van der Waals surface area contributed by atoms with Gasteiger partial charge in [-0.15, -0.1) is 0 Å². The zero-order valence-electron chi connectivity index (χ0n) is 17.9. The molecule has 31 heavy (non-hydrogen) atoms. The van der Waals surface area contributed by atoms with Crippen molar-refractivity contribution < 1.29 is 27.8 Å². The van der Waals surface area contributed by atoms with Crippen LogP contribution < -0.4 is 10.6 Å². The van der Waals surface area contributed by atoms with Crippen LogP contribution in [-0.4, -0.2) is 35.5 Å². The zero-order chi connectivity index (χ0) is 23.1. The number of aliphatic hydroxyl groups is 1. The molecule has 0 spiro atoms. The second-order valence-electron chi connectivity index (χ2n) is 8.34. The van der Waals surface area contributed by atoms with Crippen LogP contribution in [0.1, 0.15) is 37.5 Å². The van der Waals surface area contributed by atoms with Crippen LogP contribution in [0.4, 0.5) is 18.0 Å². The molecule has 0 radical (unpaired) electrons. The molecule has 0 heterocycles.